The molecule has 1 unspecified atom stereocenters. The second-order valence-electron chi connectivity index (χ2n) is 6.34. The quantitative estimate of drug-likeness (QED) is 0.784. The van der Waals surface area contributed by atoms with Crippen LogP contribution in [0.3, 0.4) is 0 Å². The van der Waals surface area contributed by atoms with Gasteiger partial charge in [0.2, 0.25) is 5.91 Å². The molecule has 1 aromatic carbocycles. The van der Waals surface area contributed by atoms with E-state index in [1.54, 1.807) is 0 Å². The van der Waals surface area contributed by atoms with Gasteiger partial charge in [-0.2, -0.15) is 0 Å². The molecule has 0 radical (unpaired) electrons. The van der Waals surface area contributed by atoms with Crippen LogP contribution in [0.1, 0.15) is 38.2 Å². The summed E-state index contributed by atoms with van der Waals surface area (Å²) in [6.07, 6.45) is 4.43. The number of carbonyl (C=O) groups is 2. The molecule has 1 aliphatic rings. The summed E-state index contributed by atoms with van der Waals surface area (Å²) in [7, 11) is 0. The molecule has 0 bridgehead atoms. The molecule has 1 aliphatic carbocycles. The first kappa shape index (κ1) is 17.5. The zero-order valence-corrected chi connectivity index (χ0v) is 13.7. The molecule has 2 rings (SSSR count). The summed E-state index contributed by atoms with van der Waals surface area (Å²) in [5.41, 5.74) is 6.33. The number of esters is 1. The maximum Gasteiger partial charge on any atom is 0.329 e. The van der Waals surface area contributed by atoms with Crippen LogP contribution < -0.4 is 11.1 Å². The minimum absolute atomic E-state index is 0.0423. The zero-order chi connectivity index (χ0) is 16.7. The number of rotatable bonds is 6. The van der Waals surface area contributed by atoms with E-state index in [9.17, 15) is 9.59 Å². The topological polar surface area (TPSA) is 81.4 Å². The molecule has 23 heavy (non-hydrogen) atoms. The maximum absolute atomic E-state index is 12.5. The van der Waals surface area contributed by atoms with E-state index in [1.165, 1.54) is 6.42 Å². The molecule has 3 N–H and O–H groups in total. The van der Waals surface area contributed by atoms with Crippen molar-refractivity contribution in [3.8, 4) is 0 Å². The van der Waals surface area contributed by atoms with Crippen molar-refractivity contribution in [3.05, 3.63) is 35.9 Å². The molecule has 0 heterocycles. The van der Waals surface area contributed by atoms with Crippen molar-refractivity contribution in [2.24, 2.45) is 11.7 Å². The lowest BCUT2D eigenvalue weighted by molar-refractivity contribution is -0.155. The summed E-state index contributed by atoms with van der Waals surface area (Å²) in [6.45, 7) is 2.04. The van der Waals surface area contributed by atoms with Gasteiger partial charge in [-0.15, -0.1) is 0 Å². The van der Waals surface area contributed by atoms with E-state index >= 15 is 0 Å². The number of carbonyl (C=O) groups excluding carboxylic acids is 2. The Morgan fingerprint density at radius 3 is 2.70 bits per heavy atom. The van der Waals surface area contributed by atoms with Crippen molar-refractivity contribution in [1.82, 2.24) is 5.32 Å². The Bertz CT molecular complexity index is 518. The number of ether oxygens (including phenoxy) is 1. The molecule has 1 fully saturated rings. The molecule has 0 aliphatic heterocycles. The highest BCUT2D eigenvalue weighted by Crippen LogP contribution is 2.26. The first-order valence-corrected chi connectivity index (χ1v) is 8.32. The fraction of sp³-hybridized carbons (Fsp3) is 0.556. The summed E-state index contributed by atoms with van der Waals surface area (Å²) in [6, 6.07) is 8.90. The molecule has 1 saturated carbocycles. The molecule has 1 amide bonds. The van der Waals surface area contributed by atoms with Gasteiger partial charge in [-0.1, -0.05) is 43.7 Å². The lowest BCUT2D eigenvalue weighted by atomic mass is 9.88. The van der Waals surface area contributed by atoms with Crippen LogP contribution in [0.15, 0.2) is 30.3 Å². The van der Waals surface area contributed by atoms with Gasteiger partial charge in [-0.05, 0) is 30.7 Å². The van der Waals surface area contributed by atoms with Crippen molar-refractivity contribution >= 4 is 11.9 Å². The van der Waals surface area contributed by atoms with Crippen LogP contribution in [-0.4, -0.2) is 30.6 Å². The van der Waals surface area contributed by atoms with Crippen LogP contribution in [0.4, 0.5) is 0 Å². The normalized spacial score (nSPS) is 22.2. The third kappa shape index (κ3) is 5.67. The second-order valence-corrected chi connectivity index (χ2v) is 6.34. The van der Waals surface area contributed by atoms with Crippen LogP contribution in [0.2, 0.25) is 0 Å². The smallest absolute Gasteiger partial charge is 0.329 e. The van der Waals surface area contributed by atoms with Crippen LogP contribution in [0.5, 0.6) is 0 Å². The SMILES string of the molecule is C[C@@H]1CCC[C@H](OC(=O)C(Cc2ccccc2)NC(=O)CN)C1. The third-order valence-corrected chi connectivity index (χ3v) is 4.26. The summed E-state index contributed by atoms with van der Waals surface area (Å²) in [5.74, 6) is -0.137. The van der Waals surface area contributed by atoms with E-state index in [0.29, 0.717) is 12.3 Å². The fourth-order valence-electron chi connectivity index (χ4n) is 3.03. The lowest BCUT2D eigenvalue weighted by Gasteiger charge is -2.28. The number of nitrogens with two attached hydrogens (primary N) is 1. The highest BCUT2D eigenvalue weighted by molar-refractivity contribution is 5.85. The number of benzene rings is 1. The molecule has 0 aromatic heterocycles. The number of nitrogens with one attached hydrogen (secondary N) is 1. The zero-order valence-electron chi connectivity index (χ0n) is 13.7. The highest BCUT2D eigenvalue weighted by atomic mass is 16.5. The van der Waals surface area contributed by atoms with Crippen LogP contribution in [0, 0.1) is 5.92 Å². The van der Waals surface area contributed by atoms with Crippen molar-refractivity contribution in [3.63, 3.8) is 0 Å². The molecular weight excluding hydrogens is 292 g/mol. The summed E-state index contributed by atoms with van der Waals surface area (Å²) in [5, 5.41) is 2.68. The largest absolute Gasteiger partial charge is 0.461 e. The van der Waals surface area contributed by atoms with Gasteiger partial charge in [0, 0.05) is 6.42 Å². The first-order valence-electron chi connectivity index (χ1n) is 8.32. The average Bonchev–Trinajstić information content (AvgIpc) is 2.55. The predicted octanol–water partition coefficient (Wildman–Crippen LogP) is 1.79. The molecule has 0 saturated heterocycles. The van der Waals surface area contributed by atoms with Gasteiger partial charge in [0.15, 0.2) is 0 Å². The van der Waals surface area contributed by atoms with Crippen molar-refractivity contribution in [1.29, 1.82) is 0 Å². The summed E-state index contributed by atoms with van der Waals surface area (Å²) in [4.78, 5) is 24.1. The Kier molecular flexibility index (Phi) is 6.59. The predicted molar refractivity (Wildman–Crippen MR) is 88.6 cm³/mol. The van der Waals surface area contributed by atoms with Gasteiger partial charge < -0.3 is 15.8 Å². The van der Waals surface area contributed by atoms with Crippen LogP contribution in [0.25, 0.3) is 0 Å². The molecule has 5 heteroatoms. The lowest BCUT2D eigenvalue weighted by Crippen LogP contribution is -2.46. The van der Waals surface area contributed by atoms with Crippen molar-refractivity contribution in [2.75, 3.05) is 6.54 Å². The Morgan fingerprint density at radius 2 is 2.04 bits per heavy atom. The molecular formula is C18H26N2O3. The minimum atomic E-state index is -0.689. The van der Waals surface area contributed by atoms with E-state index in [2.05, 4.69) is 12.2 Å². The van der Waals surface area contributed by atoms with Gasteiger partial charge in [0.25, 0.3) is 0 Å². The monoisotopic (exact) mass is 318 g/mol. The number of hydrogen-bond donors (Lipinski definition) is 2. The van der Waals surface area contributed by atoms with Gasteiger partial charge in [0.1, 0.15) is 12.1 Å². The van der Waals surface area contributed by atoms with Crippen LogP contribution in [-0.2, 0) is 20.7 Å². The van der Waals surface area contributed by atoms with Gasteiger partial charge in [-0.3, -0.25) is 4.79 Å². The van der Waals surface area contributed by atoms with E-state index in [1.807, 2.05) is 30.3 Å². The molecule has 126 valence electrons. The second kappa shape index (κ2) is 8.67. The van der Waals surface area contributed by atoms with Gasteiger partial charge in [0.05, 0.1) is 6.54 Å². The molecule has 3 atom stereocenters. The fourth-order valence-corrected chi connectivity index (χ4v) is 3.03. The first-order chi connectivity index (χ1) is 11.1. The molecule has 5 nitrogen and oxygen atoms in total. The third-order valence-electron chi connectivity index (χ3n) is 4.26. The standard InChI is InChI=1S/C18H26N2O3/c1-13-6-5-9-15(10-13)23-18(22)16(20-17(21)12-19)11-14-7-3-2-4-8-14/h2-4,7-8,13,15-16H,5-6,9-12,19H2,1H3,(H,20,21)/t13-,15+,16?/m1/s1. The Labute approximate surface area is 137 Å². The molecule has 0 spiro atoms. The number of hydrogen-bond acceptors (Lipinski definition) is 4. The summed E-state index contributed by atoms with van der Waals surface area (Å²) >= 11 is 0. The van der Waals surface area contributed by atoms with Gasteiger partial charge in [-0.25, -0.2) is 4.79 Å². The number of amides is 1. The van der Waals surface area contributed by atoms with E-state index < -0.39 is 6.04 Å². The molecule has 1 aromatic rings. The average molecular weight is 318 g/mol. The van der Waals surface area contributed by atoms with Gasteiger partial charge >= 0.3 is 5.97 Å². The van der Waals surface area contributed by atoms with Crippen molar-refractivity contribution < 1.29 is 14.3 Å². The van der Waals surface area contributed by atoms with Crippen LogP contribution >= 0.6 is 0 Å². The maximum atomic E-state index is 12.5. The Balaban J connectivity index is 1.99. The Morgan fingerprint density at radius 1 is 1.30 bits per heavy atom. The summed E-state index contributed by atoms with van der Waals surface area (Å²) < 4.78 is 5.65. The minimum Gasteiger partial charge on any atom is -0.461 e. The van der Waals surface area contributed by atoms with E-state index in [0.717, 1.165) is 24.8 Å². The highest BCUT2D eigenvalue weighted by Gasteiger charge is 2.27. The van der Waals surface area contributed by atoms with E-state index in [-0.39, 0.29) is 24.5 Å². The van der Waals surface area contributed by atoms with Crippen molar-refractivity contribution in [2.45, 2.75) is 51.2 Å². The van der Waals surface area contributed by atoms with E-state index in [4.69, 9.17) is 10.5 Å². The Hall–Kier alpha value is -1.88.